The van der Waals surface area contributed by atoms with Gasteiger partial charge in [0.1, 0.15) is 5.82 Å². The van der Waals surface area contributed by atoms with Gasteiger partial charge in [-0.2, -0.15) is 0 Å². The molecule has 1 aromatic heterocycles. The molecule has 6 heteroatoms. The normalized spacial score (nSPS) is 24.5. The fourth-order valence-electron chi connectivity index (χ4n) is 4.38. The molecule has 2 aromatic rings. The number of aromatic nitrogens is 1. The van der Waals surface area contributed by atoms with Crippen molar-refractivity contribution in [1.82, 2.24) is 9.88 Å². The van der Waals surface area contributed by atoms with Crippen LogP contribution in [-0.4, -0.2) is 54.3 Å². The molecule has 0 saturated carbocycles. The minimum Gasteiger partial charge on any atom is -0.376 e. The number of morpholine rings is 1. The maximum Gasteiger partial charge on any atom is 0.129 e. The molecule has 2 atom stereocenters. The Bertz CT molecular complexity index is 778. The fraction of sp³-hybridized carbons (Fsp3) is 0.500. The third-order valence-electron chi connectivity index (χ3n) is 5.86. The summed E-state index contributed by atoms with van der Waals surface area (Å²) in [5.74, 6) is 0.985. The van der Waals surface area contributed by atoms with E-state index >= 15 is 0 Å². The molecule has 0 aliphatic carbocycles. The highest BCUT2D eigenvalue weighted by molar-refractivity contribution is 6.30. The molecule has 2 aliphatic rings. The average molecular weight is 420 g/mol. The van der Waals surface area contributed by atoms with Gasteiger partial charge in [0.25, 0.3) is 0 Å². The van der Waals surface area contributed by atoms with Gasteiger partial charge in [-0.1, -0.05) is 35.3 Å². The average Bonchev–Trinajstić information content (AvgIpc) is 2.71. The minimum atomic E-state index is 0.286. The Morgan fingerprint density at radius 2 is 1.82 bits per heavy atom. The molecule has 3 heterocycles. The Kier molecular flexibility index (Phi) is 6.42. The standard InChI is InChI=1S/C22H27Cl2N3O/c1-16-14-27(21(15-28-16)12-17-2-4-18(23)5-3-17)20-7-10-26(11-8-20)22-13-19(24)6-9-25-22/h2-6,9,13,16,20-21H,7-8,10-12,14-15H2,1H3/t16-,21-/m0/s1. The number of nitrogens with zero attached hydrogens (tertiary/aromatic N) is 3. The Hall–Kier alpha value is -1.33. The summed E-state index contributed by atoms with van der Waals surface area (Å²) in [6.07, 6.45) is 5.35. The molecule has 0 radical (unpaired) electrons. The van der Waals surface area contributed by atoms with Crippen molar-refractivity contribution < 1.29 is 4.74 Å². The molecule has 2 aliphatic heterocycles. The molecule has 1 aromatic carbocycles. The first kappa shape index (κ1) is 20.0. The van der Waals surface area contributed by atoms with E-state index < -0.39 is 0 Å². The number of piperidine rings is 1. The number of hydrogen-bond donors (Lipinski definition) is 0. The van der Waals surface area contributed by atoms with Gasteiger partial charge in [-0.25, -0.2) is 4.98 Å². The van der Waals surface area contributed by atoms with Gasteiger partial charge in [-0.05, 0) is 56.0 Å². The van der Waals surface area contributed by atoms with Gasteiger partial charge < -0.3 is 9.64 Å². The second kappa shape index (κ2) is 9.00. The van der Waals surface area contributed by atoms with Crippen molar-refractivity contribution in [2.24, 2.45) is 0 Å². The van der Waals surface area contributed by atoms with Crippen molar-refractivity contribution in [3.63, 3.8) is 0 Å². The van der Waals surface area contributed by atoms with Crippen LogP contribution in [0, 0.1) is 0 Å². The lowest BCUT2D eigenvalue weighted by Gasteiger charge is -2.46. The molecule has 0 bridgehead atoms. The first-order valence-corrected chi connectivity index (χ1v) is 10.8. The SMILES string of the molecule is C[C@H]1CN(C2CCN(c3cc(Cl)ccn3)CC2)[C@@H](Cc2ccc(Cl)cc2)CO1. The number of halogens is 2. The van der Waals surface area contributed by atoms with Gasteiger partial charge in [-0.15, -0.1) is 0 Å². The van der Waals surface area contributed by atoms with Crippen LogP contribution in [0.15, 0.2) is 42.6 Å². The van der Waals surface area contributed by atoms with E-state index in [4.69, 9.17) is 27.9 Å². The van der Waals surface area contributed by atoms with E-state index in [1.54, 1.807) is 6.20 Å². The molecule has 4 nitrogen and oxygen atoms in total. The number of hydrogen-bond acceptors (Lipinski definition) is 4. The summed E-state index contributed by atoms with van der Waals surface area (Å²) in [7, 11) is 0. The van der Waals surface area contributed by atoms with Gasteiger partial charge >= 0.3 is 0 Å². The molecule has 0 unspecified atom stereocenters. The van der Waals surface area contributed by atoms with Crippen LogP contribution in [0.2, 0.25) is 10.0 Å². The van der Waals surface area contributed by atoms with Crippen LogP contribution in [0.5, 0.6) is 0 Å². The zero-order valence-electron chi connectivity index (χ0n) is 16.2. The summed E-state index contributed by atoms with van der Waals surface area (Å²) >= 11 is 12.2. The Labute approximate surface area is 177 Å². The second-order valence-corrected chi connectivity index (χ2v) is 8.75. The fourth-order valence-corrected chi connectivity index (χ4v) is 4.66. The van der Waals surface area contributed by atoms with E-state index in [0.29, 0.717) is 12.1 Å². The molecule has 150 valence electrons. The highest BCUT2D eigenvalue weighted by Gasteiger charge is 2.34. The number of benzene rings is 1. The van der Waals surface area contributed by atoms with Crippen molar-refractivity contribution >= 4 is 29.0 Å². The highest BCUT2D eigenvalue weighted by atomic mass is 35.5. The van der Waals surface area contributed by atoms with Crippen LogP contribution in [0.25, 0.3) is 0 Å². The third-order valence-corrected chi connectivity index (χ3v) is 6.35. The summed E-state index contributed by atoms with van der Waals surface area (Å²) in [6.45, 7) is 5.99. The van der Waals surface area contributed by atoms with Gasteiger partial charge in [-0.3, -0.25) is 4.90 Å². The van der Waals surface area contributed by atoms with E-state index in [2.05, 4.69) is 33.8 Å². The Balaban J connectivity index is 1.41. The lowest BCUT2D eigenvalue weighted by Crippen LogP contribution is -2.56. The quantitative estimate of drug-likeness (QED) is 0.718. The highest BCUT2D eigenvalue weighted by Crippen LogP contribution is 2.27. The smallest absolute Gasteiger partial charge is 0.129 e. The predicted octanol–water partition coefficient (Wildman–Crippen LogP) is 4.69. The molecular weight excluding hydrogens is 393 g/mol. The third kappa shape index (κ3) is 4.80. The Morgan fingerprint density at radius 1 is 1.07 bits per heavy atom. The first-order chi connectivity index (χ1) is 13.6. The van der Waals surface area contributed by atoms with Crippen LogP contribution in [0.4, 0.5) is 5.82 Å². The Morgan fingerprint density at radius 3 is 2.54 bits per heavy atom. The zero-order valence-corrected chi connectivity index (χ0v) is 17.7. The number of rotatable bonds is 4. The molecule has 28 heavy (non-hydrogen) atoms. The maximum absolute atomic E-state index is 6.14. The summed E-state index contributed by atoms with van der Waals surface area (Å²) in [4.78, 5) is 9.52. The summed E-state index contributed by atoms with van der Waals surface area (Å²) in [5, 5.41) is 1.54. The van der Waals surface area contributed by atoms with Crippen molar-refractivity contribution in [1.29, 1.82) is 0 Å². The van der Waals surface area contributed by atoms with Crippen molar-refractivity contribution in [3.8, 4) is 0 Å². The van der Waals surface area contributed by atoms with Crippen molar-refractivity contribution in [2.75, 3.05) is 31.1 Å². The number of anilines is 1. The summed E-state index contributed by atoms with van der Waals surface area (Å²) < 4.78 is 6.01. The topological polar surface area (TPSA) is 28.6 Å². The summed E-state index contributed by atoms with van der Waals surface area (Å²) in [5.41, 5.74) is 1.32. The van der Waals surface area contributed by atoms with Crippen LogP contribution >= 0.6 is 23.2 Å². The van der Waals surface area contributed by atoms with E-state index in [1.807, 2.05) is 24.3 Å². The van der Waals surface area contributed by atoms with Gasteiger partial charge in [0.15, 0.2) is 0 Å². The zero-order chi connectivity index (χ0) is 19.5. The second-order valence-electron chi connectivity index (χ2n) is 7.88. The van der Waals surface area contributed by atoms with Gasteiger partial charge in [0.05, 0.1) is 12.7 Å². The molecule has 0 amide bonds. The number of ether oxygens (including phenoxy) is 1. The number of pyridine rings is 1. The minimum absolute atomic E-state index is 0.286. The van der Waals surface area contributed by atoms with Crippen molar-refractivity contribution in [2.45, 2.75) is 44.4 Å². The predicted molar refractivity (Wildman–Crippen MR) is 116 cm³/mol. The van der Waals surface area contributed by atoms with Gasteiger partial charge in [0.2, 0.25) is 0 Å². The van der Waals surface area contributed by atoms with E-state index in [1.165, 1.54) is 5.56 Å². The van der Waals surface area contributed by atoms with Crippen LogP contribution in [0.3, 0.4) is 0 Å². The van der Waals surface area contributed by atoms with Crippen LogP contribution in [0.1, 0.15) is 25.3 Å². The van der Waals surface area contributed by atoms with Crippen LogP contribution < -0.4 is 4.90 Å². The molecule has 0 spiro atoms. The van der Waals surface area contributed by atoms with Gasteiger partial charge in [0, 0.05) is 48.0 Å². The van der Waals surface area contributed by atoms with Crippen molar-refractivity contribution in [3.05, 3.63) is 58.2 Å². The summed E-state index contributed by atoms with van der Waals surface area (Å²) in [6, 6.07) is 13.0. The molecule has 0 N–H and O–H groups in total. The first-order valence-electron chi connectivity index (χ1n) is 10.1. The van der Waals surface area contributed by atoms with Crippen LogP contribution in [-0.2, 0) is 11.2 Å². The molecule has 2 fully saturated rings. The van der Waals surface area contributed by atoms with E-state index in [0.717, 1.165) is 61.4 Å². The monoisotopic (exact) mass is 419 g/mol. The molecule has 2 saturated heterocycles. The molecule has 4 rings (SSSR count). The largest absolute Gasteiger partial charge is 0.376 e. The molecular formula is C22H27Cl2N3O. The lowest BCUT2D eigenvalue weighted by molar-refractivity contribution is -0.0745. The lowest BCUT2D eigenvalue weighted by atomic mass is 9.96. The van der Waals surface area contributed by atoms with E-state index in [-0.39, 0.29) is 6.10 Å². The maximum atomic E-state index is 6.14. The van der Waals surface area contributed by atoms with E-state index in [9.17, 15) is 0 Å².